The van der Waals surface area contributed by atoms with Crippen LogP contribution in [0.2, 0.25) is 0 Å². The van der Waals surface area contributed by atoms with Gasteiger partial charge in [-0.1, -0.05) is 72.7 Å². The molecule has 0 radical (unpaired) electrons. The Morgan fingerprint density at radius 3 is 1.96 bits per heavy atom. The Hall–Kier alpha value is -2.09. The lowest BCUT2D eigenvalue weighted by Crippen LogP contribution is -2.12. The lowest BCUT2D eigenvalue weighted by Gasteiger charge is -2.22. The van der Waals surface area contributed by atoms with Crippen LogP contribution in [-0.2, 0) is 5.41 Å². The summed E-state index contributed by atoms with van der Waals surface area (Å²) in [6.07, 6.45) is 1.82. The van der Waals surface area contributed by atoms with Crippen molar-refractivity contribution >= 4 is 11.9 Å². The Kier molecular flexibility index (Phi) is 5.95. The van der Waals surface area contributed by atoms with Crippen molar-refractivity contribution in [3.05, 3.63) is 58.1 Å². The predicted octanol–water partition coefficient (Wildman–Crippen LogP) is 7.00. The summed E-state index contributed by atoms with van der Waals surface area (Å²) in [5, 5.41) is 10.8. The summed E-state index contributed by atoms with van der Waals surface area (Å²) in [6, 6.07) is 10.5. The standard InChI is InChI=1S/C24H33NO/c1-15(2)19-10-9-11-20(16(3)4)22(19)25-14-18-12-17(5)13-21(23(18)26)24(6,7)8/h9-16,26H,1-8H3. The van der Waals surface area contributed by atoms with Crippen LogP contribution in [0, 0.1) is 6.92 Å². The van der Waals surface area contributed by atoms with E-state index in [9.17, 15) is 5.11 Å². The predicted molar refractivity (Wildman–Crippen MR) is 113 cm³/mol. The molecule has 1 N–H and O–H groups in total. The molecule has 0 amide bonds. The molecular formula is C24H33NO. The zero-order valence-corrected chi connectivity index (χ0v) is 17.5. The molecule has 0 aliphatic heterocycles. The fourth-order valence-corrected chi connectivity index (χ4v) is 3.27. The van der Waals surface area contributed by atoms with Gasteiger partial charge in [0.2, 0.25) is 0 Å². The van der Waals surface area contributed by atoms with Crippen LogP contribution in [0.1, 0.15) is 88.1 Å². The van der Waals surface area contributed by atoms with Gasteiger partial charge in [0.25, 0.3) is 0 Å². The number of para-hydroxylation sites is 1. The van der Waals surface area contributed by atoms with Crippen LogP contribution in [0.3, 0.4) is 0 Å². The molecule has 140 valence electrons. The van der Waals surface area contributed by atoms with Crippen molar-refractivity contribution in [2.24, 2.45) is 4.99 Å². The van der Waals surface area contributed by atoms with E-state index in [0.717, 1.165) is 22.4 Å². The van der Waals surface area contributed by atoms with Crippen LogP contribution in [0.15, 0.2) is 35.3 Å². The third kappa shape index (κ3) is 4.35. The van der Waals surface area contributed by atoms with Crippen LogP contribution in [0.5, 0.6) is 5.75 Å². The zero-order chi connectivity index (χ0) is 19.6. The summed E-state index contributed by atoms with van der Waals surface area (Å²) < 4.78 is 0. The van der Waals surface area contributed by atoms with Crippen molar-refractivity contribution in [1.29, 1.82) is 0 Å². The summed E-state index contributed by atoms with van der Waals surface area (Å²) >= 11 is 0. The summed E-state index contributed by atoms with van der Waals surface area (Å²) in [5.41, 5.74) is 6.29. The minimum atomic E-state index is -0.113. The highest BCUT2D eigenvalue weighted by molar-refractivity contribution is 5.87. The Bertz CT molecular complexity index is 781. The second kappa shape index (κ2) is 7.65. The maximum atomic E-state index is 10.8. The van der Waals surface area contributed by atoms with Crippen molar-refractivity contribution in [2.75, 3.05) is 0 Å². The molecule has 0 saturated carbocycles. The summed E-state index contributed by atoms with van der Waals surface area (Å²) in [4.78, 5) is 4.86. The first-order valence-corrected chi connectivity index (χ1v) is 9.53. The van der Waals surface area contributed by atoms with Gasteiger partial charge in [-0.25, -0.2) is 0 Å². The van der Waals surface area contributed by atoms with E-state index >= 15 is 0 Å². The molecule has 0 fully saturated rings. The van der Waals surface area contributed by atoms with Crippen molar-refractivity contribution in [1.82, 2.24) is 0 Å². The Labute approximate surface area is 159 Å². The number of aromatic hydroxyl groups is 1. The molecule has 0 saturated heterocycles. The van der Waals surface area contributed by atoms with E-state index in [2.05, 4.69) is 79.7 Å². The number of aryl methyl sites for hydroxylation is 1. The normalized spacial score (nSPS) is 12.5. The number of phenols is 1. The van der Waals surface area contributed by atoms with E-state index in [1.807, 2.05) is 12.3 Å². The van der Waals surface area contributed by atoms with Crippen LogP contribution < -0.4 is 0 Å². The van der Waals surface area contributed by atoms with Gasteiger partial charge in [0, 0.05) is 17.3 Å². The third-order valence-corrected chi connectivity index (χ3v) is 4.77. The van der Waals surface area contributed by atoms with E-state index in [1.54, 1.807) is 0 Å². The molecule has 0 spiro atoms. The molecule has 0 unspecified atom stereocenters. The average molecular weight is 352 g/mol. The molecule has 0 bridgehead atoms. The molecule has 0 atom stereocenters. The zero-order valence-electron chi connectivity index (χ0n) is 17.5. The van der Waals surface area contributed by atoms with Crippen molar-refractivity contribution in [3.8, 4) is 5.75 Å². The monoisotopic (exact) mass is 351 g/mol. The smallest absolute Gasteiger partial charge is 0.128 e. The highest BCUT2D eigenvalue weighted by Gasteiger charge is 2.20. The highest BCUT2D eigenvalue weighted by Crippen LogP contribution is 2.36. The summed E-state index contributed by atoms with van der Waals surface area (Å²) in [6.45, 7) is 17.2. The maximum absolute atomic E-state index is 10.8. The molecular weight excluding hydrogens is 318 g/mol. The van der Waals surface area contributed by atoms with Crippen LogP contribution >= 0.6 is 0 Å². The Balaban J connectivity index is 2.60. The van der Waals surface area contributed by atoms with Gasteiger partial charge < -0.3 is 5.11 Å². The summed E-state index contributed by atoms with van der Waals surface area (Å²) in [5.74, 6) is 1.13. The van der Waals surface area contributed by atoms with Gasteiger partial charge in [0.15, 0.2) is 0 Å². The fourth-order valence-electron chi connectivity index (χ4n) is 3.27. The van der Waals surface area contributed by atoms with Gasteiger partial charge in [-0.05, 0) is 46.9 Å². The van der Waals surface area contributed by atoms with Gasteiger partial charge in [0.1, 0.15) is 5.75 Å². The molecule has 2 heteroatoms. The van der Waals surface area contributed by atoms with Crippen molar-refractivity contribution in [2.45, 2.75) is 72.6 Å². The molecule has 2 rings (SSSR count). The quantitative estimate of drug-likeness (QED) is 0.591. The lowest BCUT2D eigenvalue weighted by atomic mass is 9.84. The molecule has 2 aromatic rings. The Morgan fingerprint density at radius 1 is 0.962 bits per heavy atom. The second-order valence-corrected chi connectivity index (χ2v) is 8.85. The maximum Gasteiger partial charge on any atom is 0.128 e. The van der Waals surface area contributed by atoms with E-state index in [-0.39, 0.29) is 5.41 Å². The van der Waals surface area contributed by atoms with Gasteiger partial charge in [0.05, 0.1) is 5.69 Å². The minimum Gasteiger partial charge on any atom is -0.507 e. The molecule has 0 aliphatic carbocycles. The first kappa shape index (κ1) is 20.2. The molecule has 26 heavy (non-hydrogen) atoms. The number of rotatable bonds is 4. The SMILES string of the molecule is Cc1cc(C=Nc2c(C(C)C)cccc2C(C)C)c(O)c(C(C)(C)C)c1. The van der Waals surface area contributed by atoms with Crippen LogP contribution in [0.4, 0.5) is 5.69 Å². The van der Waals surface area contributed by atoms with E-state index in [1.165, 1.54) is 11.1 Å². The number of nitrogens with zero attached hydrogens (tertiary/aromatic N) is 1. The van der Waals surface area contributed by atoms with Gasteiger partial charge in [-0.3, -0.25) is 4.99 Å². The molecule has 2 nitrogen and oxygen atoms in total. The number of phenolic OH excluding ortho intramolecular Hbond substituents is 1. The van der Waals surface area contributed by atoms with E-state index in [4.69, 9.17) is 4.99 Å². The molecule has 0 aromatic heterocycles. The largest absolute Gasteiger partial charge is 0.507 e. The highest BCUT2D eigenvalue weighted by atomic mass is 16.3. The van der Waals surface area contributed by atoms with Crippen molar-refractivity contribution < 1.29 is 5.11 Å². The molecule has 0 heterocycles. The number of benzene rings is 2. The Morgan fingerprint density at radius 2 is 1.50 bits per heavy atom. The topological polar surface area (TPSA) is 32.6 Å². The lowest BCUT2D eigenvalue weighted by molar-refractivity contribution is 0.445. The minimum absolute atomic E-state index is 0.113. The average Bonchev–Trinajstić information content (AvgIpc) is 2.53. The summed E-state index contributed by atoms with van der Waals surface area (Å²) in [7, 11) is 0. The van der Waals surface area contributed by atoms with E-state index < -0.39 is 0 Å². The van der Waals surface area contributed by atoms with Crippen LogP contribution in [-0.4, -0.2) is 11.3 Å². The number of aliphatic imine (C=N–C) groups is 1. The third-order valence-electron chi connectivity index (χ3n) is 4.77. The van der Waals surface area contributed by atoms with Gasteiger partial charge in [-0.2, -0.15) is 0 Å². The van der Waals surface area contributed by atoms with Crippen molar-refractivity contribution in [3.63, 3.8) is 0 Å². The van der Waals surface area contributed by atoms with E-state index in [0.29, 0.717) is 17.6 Å². The molecule has 0 aliphatic rings. The van der Waals surface area contributed by atoms with Gasteiger partial charge >= 0.3 is 0 Å². The molecule has 2 aromatic carbocycles. The van der Waals surface area contributed by atoms with Crippen LogP contribution in [0.25, 0.3) is 0 Å². The second-order valence-electron chi connectivity index (χ2n) is 8.85. The van der Waals surface area contributed by atoms with Gasteiger partial charge in [-0.15, -0.1) is 0 Å². The first-order valence-electron chi connectivity index (χ1n) is 9.53. The number of hydrogen-bond acceptors (Lipinski definition) is 2. The first-order chi connectivity index (χ1) is 12.0. The fraction of sp³-hybridized carbons (Fsp3) is 0.458. The number of hydrogen-bond donors (Lipinski definition) is 1.